The second kappa shape index (κ2) is 6.53. The third kappa shape index (κ3) is 9.52. The number of esters is 1. The third-order valence-electron chi connectivity index (χ3n) is 1.45. The van der Waals surface area contributed by atoms with Gasteiger partial charge in [-0.3, -0.25) is 9.59 Å². The Morgan fingerprint density at radius 3 is 2.31 bits per heavy atom. The van der Waals surface area contributed by atoms with Crippen LogP contribution in [0.3, 0.4) is 0 Å². The largest absolute Gasteiger partial charge is 0.460 e. The van der Waals surface area contributed by atoms with E-state index in [0.29, 0.717) is 5.03 Å². The lowest BCUT2D eigenvalue weighted by molar-refractivity contribution is -0.155. The molecule has 0 spiro atoms. The number of amides is 1. The summed E-state index contributed by atoms with van der Waals surface area (Å²) >= 11 is 5.47. The molecule has 16 heavy (non-hydrogen) atoms. The molecule has 0 saturated heterocycles. The van der Waals surface area contributed by atoms with E-state index in [9.17, 15) is 9.59 Å². The predicted octanol–water partition coefficient (Wildman–Crippen LogP) is 1.98. The topological polar surface area (TPSA) is 55.4 Å². The smallest absolute Gasteiger partial charge is 0.306 e. The second-order valence-electron chi connectivity index (χ2n) is 4.38. The highest BCUT2D eigenvalue weighted by Gasteiger charge is 2.16. The van der Waals surface area contributed by atoms with E-state index in [1.165, 1.54) is 0 Å². The first kappa shape index (κ1) is 15.0. The molecule has 92 valence electrons. The van der Waals surface area contributed by atoms with Crippen LogP contribution in [0.5, 0.6) is 0 Å². The van der Waals surface area contributed by atoms with Gasteiger partial charge >= 0.3 is 5.97 Å². The van der Waals surface area contributed by atoms with Gasteiger partial charge in [0.2, 0.25) is 5.91 Å². The Kier molecular flexibility index (Phi) is 6.11. The van der Waals surface area contributed by atoms with Crippen LogP contribution < -0.4 is 5.32 Å². The van der Waals surface area contributed by atoms with E-state index in [4.69, 9.17) is 16.3 Å². The van der Waals surface area contributed by atoms with Crippen LogP contribution in [0.15, 0.2) is 11.6 Å². The molecule has 1 amide bonds. The Hall–Kier alpha value is -1.03. The number of hydrogen-bond donors (Lipinski definition) is 1. The molecule has 0 aliphatic heterocycles. The first-order chi connectivity index (χ1) is 7.20. The molecule has 1 N–H and O–H groups in total. The van der Waals surface area contributed by atoms with Crippen molar-refractivity contribution < 1.29 is 14.3 Å². The number of hydrogen-bond acceptors (Lipinski definition) is 3. The van der Waals surface area contributed by atoms with Crippen LogP contribution in [0.1, 0.15) is 33.6 Å². The summed E-state index contributed by atoms with van der Waals surface area (Å²) in [5, 5.41) is 2.87. The fourth-order valence-electron chi connectivity index (χ4n) is 0.891. The van der Waals surface area contributed by atoms with Crippen molar-refractivity contribution in [2.45, 2.75) is 39.2 Å². The van der Waals surface area contributed by atoms with Gasteiger partial charge in [0.05, 0.1) is 13.0 Å². The van der Waals surface area contributed by atoms with E-state index in [-0.39, 0.29) is 31.3 Å². The zero-order chi connectivity index (χ0) is 12.8. The predicted molar refractivity (Wildman–Crippen MR) is 63.1 cm³/mol. The standard InChI is InChI=1S/C11H18ClNO3/c1-8(12)7-13-9(14)5-6-10(15)16-11(2,3)4/h1,5-7H2,2-4H3,(H,13,14). The lowest BCUT2D eigenvalue weighted by Crippen LogP contribution is -2.27. The van der Waals surface area contributed by atoms with Crippen LogP contribution in [0.4, 0.5) is 0 Å². The van der Waals surface area contributed by atoms with Crippen LogP contribution in [-0.4, -0.2) is 24.0 Å². The lowest BCUT2D eigenvalue weighted by Gasteiger charge is -2.19. The van der Waals surface area contributed by atoms with Gasteiger partial charge in [-0.25, -0.2) is 0 Å². The number of rotatable bonds is 5. The van der Waals surface area contributed by atoms with Crippen molar-refractivity contribution in [2.75, 3.05) is 6.54 Å². The van der Waals surface area contributed by atoms with Crippen molar-refractivity contribution in [2.24, 2.45) is 0 Å². The maximum absolute atomic E-state index is 11.3. The quantitative estimate of drug-likeness (QED) is 0.756. The molecule has 0 fully saturated rings. The first-order valence-electron chi connectivity index (χ1n) is 5.02. The Morgan fingerprint density at radius 2 is 1.88 bits per heavy atom. The number of halogens is 1. The average molecular weight is 248 g/mol. The molecule has 4 nitrogen and oxygen atoms in total. The molecule has 0 atom stereocenters. The minimum atomic E-state index is -0.516. The number of ether oxygens (including phenoxy) is 1. The summed E-state index contributed by atoms with van der Waals surface area (Å²) in [6.45, 7) is 8.99. The number of carbonyl (C=O) groups excluding carboxylic acids is 2. The van der Waals surface area contributed by atoms with Crippen molar-refractivity contribution in [3.8, 4) is 0 Å². The normalized spacial score (nSPS) is 10.8. The van der Waals surface area contributed by atoms with Gasteiger partial charge in [-0.05, 0) is 20.8 Å². The molecule has 0 aromatic rings. The van der Waals surface area contributed by atoms with Gasteiger partial charge in [0.25, 0.3) is 0 Å². The van der Waals surface area contributed by atoms with Crippen LogP contribution in [0, 0.1) is 0 Å². The average Bonchev–Trinajstić information content (AvgIpc) is 2.08. The summed E-state index contributed by atoms with van der Waals surface area (Å²) in [6.07, 6.45) is 0.164. The Morgan fingerprint density at radius 1 is 1.31 bits per heavy atom. The fourth-order valence-corrected chi connectivity index (χ4v) is 0.958. The van der Waals surface area contributed by atoms with Crippen molar-refractivity contribution in [3.05, 3.63) is 11.6 Å². The van der Waals surface area contributed by atoms with E-state index in [1.54, 1.807) is 20.8 Å². The van der Waals surface area contributed by atoms with Gasteiger partial charge in [-0.15, -0.1) is 0 Å². The number of carbonyl (C=O) groups is 2. The molecule has 0 aliphatic carbocycles. The Bertz CT molecular complexity index is 281. The molecule has 0 unspecified atom stereocenters. The zero-order valence-corrected chi connectivity index (χ0v) is 10.7. The molecule has 0 aliphatic rings. The van der Waals surface area contributed by atoms with E-state index in [2.05, 4.69) is 11.9 Å². The minimum absolute atomic E-state index is 0.0673. The van der Waals surface area contributed by atoms with Gasteiger partial charge in [-0.1, -0.05) is 18.2 Å². The molecule has 0 bridgehead atoms. The van der Waals surface area contributed by atoms with Gasteiger partial charge < -0.3 is 10.1 Å². The van der Waals surface area contributed by atoms with E-state index in [0.717, 1.165) is 0 Å². The van der Waals surface area contributed by atoms with Crippen molar-refractivity contribution in [3.63, 3.8) is 0 Å². The summed E-state index contributed by atoms with van der Waals surface area (Å²) < 4.78 is 5.05. The van der Waals surface area contributed by atoms with Crippen molar-refractivity contribution in [1.29, 1.82) is 0 Å². The Labute approximate surface area is 101 Å². The van der Waals surface area contributed by atoms with Gasteiger partial charge in [0, 0.05) is 11.5 Å². The first-order valence-corrected chi connectivity index (χ1v) is 5.40. The second-order valence-corrected chi connectivity index (χ2v) is 4.91. The SMILES string of the molecule is C=C(Cl)CNC(=O)CCC(=O)OC(C)(C)C. The lowest BCUT2D eigenvalue weighted by atomic mass is 10.2. The molecule has 0 aromatic heterocycles. The summed E-state index contributed by atoms with van der Waals surface area (Å²) in [6, 6.07) is 0. The molecule has 0 rings (SSSR count). The van der Waals surface area contributed by atoms with E-state index in [1.807, 2.05) is 0 Å². The summed E-state index contributed by atoms with van der Waals surface area (Å²) in [4.78, 5) is 22.5. The zero-order valence-electron chi connectivity index (χ0n) is 9.93. The van der Waals surface area contributed by atoms with Gasteiger partial charge in [0.1, 0.15) is 5.60 Å². The molecule has 0 heterocycles. The van der Waals surface area contributed by atoms with Crippen LogP contribution in [0.25, 0.3) is 0 Å². The number of nitrogens with one attached hydrogen (secondary N) is 1. The van der Waals surface area contributed by atoms with Gasteiger partial charge in [0.15, 0.2) is 0 Å². The molecular weight excluding hydrogens is 230 g/mol. The molecular formula is C11H18ClNO3. The monoisotopic (exact) mass is 247 g/mol. The summed E-state index contributed by atoms with van der Waals surface area (Å²) in [5.74, 6) is -0.625. The molecule has 0 radical (unpaired) electrons. The molecule has 0 aromatic carbocycles. The van der Waals surface area contributed by atoms with Crippen LogP contribution in [-0.2, 0) is 14.3 Å². The maximum Gasteiger partial charge on any atom is 0.306 e. The van der Waals surface area contributed by atoms with Crippen molar-refractivity contribution >= 4 is 23.5 Å². The van der Waals surface area contributed by atoms with Crippen LogP contribution in [0.2, 0.25) is 0 Å². The minimum Gasteiger partial charge on any atom is -0.460 e. The van der Waals surface area contributed by atoms with E-state index >= 15 is 0 Å². The summed E-state index contributed by atoms with van der Waals surface area (Å²) in [7, 11) is 0. The summed E-state index contributed by atoms with van der Waals surface area (Å²) in [5.41, 5.74) is -0.516. The van der Waals surface area contributed by atoms with Gasteiger partial charge in [-0.2, -0.15) is 0 Å². The maximum atomic E-state index is 11.3. The van der Waals surface area contributed by atoms with Crippen molar-refractivity contribution in [1.82, 2.24) is 5.32 Å². The van der Waals surface area contributed by atoms with E-state index < -0.39 is 5.60 Å². The molecule has 0 saturated carbocycles. The highest BCUT2D eigenvalue weighted by atomic mass is 35.5. The fraction of sp³-hybridized carbons (Fsp3) is 0.636. The highest BCUT2D eigenvalue weighted by Crippen LogP contribution is 2.09. The Balaban J connectivity index is 3.76. The third-order valence-corrected chi connectivity index (χ3v) is 1.59. The molecule has 5 heteroatoms. The van der Waals surface area contributed by atoms with Crippen LogP contribution >= 0.6 is 11.6 Å². The highest BCUT2D eigenvalue weighted by molar-refractivity contribution is 6.29.